The van der Waals surface area contributed by atoms with Crippen LogP contribution in [0.4, 0.5) is 5.69 Å². The Hall–Kier alpha value is -2.82. The molecule has 2 atom stereocenters. The number of carbonyl (C=O) groups is 2. The average molecular weight is 381 g/mol. The van der Waals surface area contributed by atoms with Crippen LogP contribution in [0, 0.1) is 5.92 Å². The lowest BCUT2D eigenvalue weighted by molar-refractivity contribution is -0.139. The number of ether oxygens (including phenoxy) is 2. The first-order valence-corrected chi connectivity index (χ1v) is 9.87. The Morgan fingerprint density at radius 3 is 2.50 bits per heavy atom. The molecule has 148 valence electrons. The fraction of sp³-hybridized carbons (Fsp3) is 0.391. The molecule has 0 N–H and O–H groups in total. The van der Waals surface area contributed by atoms with Crippen molar-refractivity contribution >= 4 is 17.6 Å². The van der Waals surface area contributed by atoms with Gasteiger partial charge in [0.15, 0.2) is 0 Å². The largest absolute Gasteiger partial charge is 0.492 e. The highest BCUT2D eigenvalue weighted by Crippen LogP contribution is 2.34. The first-order chi connectivity index (χ1) is 13.5. The molecule has 0 aromatic heterocycles. The topological polar surface area (TPSA) is 55.8 Å². The Kier molecular flexibility index (Phi) is 6.34. The van der Waals surface area contributed by atoms with E-state index >= 15 is 0 Å². The summed E-state index contributed by atoms with van der Waals surface area (Å²) in [6.45, 7) is 6.92. The second-order valence-corrected chi connectivity index (χ2v) is 7.07. The number of anilines is 1. The Morgan fingerprint density at radius 2 is 1.79 bits per heavy atom. The fourth-order valence-electron chi connectivity index (χ4n) is 3.45. The predicted molar refractivity (Wildman–Crippen MR) is 109 cm³/mol. The number of rotatable bonds is 7. The van der Waals surface area contributed by atoms with E-state index in [4.69, 9.17) is 9.47 Å². The smallest absolute Gasteiger partial charge is 0.316 e. The summed E-state index contributed by atoms with van der Waals surface area (Å²) in [5, 5.41) is 0. The molecule has 0 aliphatic carbocycles. The Balaban J connectivity index is 1.75. The lowest BCUT2D eigenvalue weighted by Crippen LogP contribution is -2.27. The highest BCUT2D eigenvalue weighted by atomic mass is 16.5. The van der Waals surface area contributed by atoms with E-state index in [1.807, 2.05) is 55.5 Å². The predicted octanol–water partition coefficient (Wildman–Crippen LogP) is 4.56. The van der Waals surface area contributed by atoms with Crippen molar-refractivity contribution in [3.8, 4) is 11.5 Å². The van der Waals surface area contributed by atoms with Crippen LogP contribution in [-0.4, -0.2) is 25.0 Å². The van der Waals surface area contributed by atoms with Gasteiger partial charge in [0.1, 0.15) is 11.5 Å². The summed E-state index contributed by atoms with van der Waals surface area (Å²) in [6, 6.07) is 15.0. The van der Waals surface area contributed by atoms with Crippen LogP contribution in [0.1, 0.15) is 45.1 Å². The van der Waals surface area contributed by atoms with E-state index in [-0.39, 0.29) is 18.3 Å². The van der Waals surface area contributed by atoms with Crippen molar-refractivity contribution in [3.05, 3.63) is 54.1 Å². The summed E-state index contributed by atoms with van der Waals surface area (Å²) in [6.07, 6.45) is 1.10. The number of benzene rings is 2. The molecule has 1 aliphatic rings. The van der Waals surface area contributed by atoms with Crippen molar-refractivity contribution < 1.29 is 19.1 Å². The van der Waals surface area contributed by atoms with Crippen molar-refractivity contribution in [3.63, 3.8) is 0 Å². The third-order valence-corrected chi connectivity index (χ3v) is 5.19. The van der Waals surface area contributed by atoms with Gasteiger partial charge >= 0.3 is 5.97 Å². The zero-order valence-electron chi connectivity index (χ0n) is 16.7. The van der Waals surface area contributed by atoms with Crippen LogP contribution in [-0.2, 0) is 9.59 Å². The normalized spacial score (nSPS) is 17.5. The number of esters is 1. The lowest BCUT2D eigenvalue weighted by atomic mass is 9.98. The molecule has 1 saturated heterocycles. The van der Waals surface area contributed by atoms with Gasteiger partial charge < -0.3 is 14.4 Å². The molecule has 0 bridgehead atoms. The Morgan fingerprint density at radius 1 is 1.11 bits per heavy atom. The lowest BCUT2D eigenvalue weighted by Gasteiger charge is -2.20. The van der Waals surface area contributed by atoms with Crippen molar-refractivity contribution in [2.75, 3.05) is 18.1 Å². The summed E-state index contributed by atoms with van der Waals surface area (Å²) < 4.78 is 11.3. The number of amides is 1. The average Bonchev–Trinajstić information content (AvgIpc) is 3.10. The minimum absolute atomic E-state index is 0.0932. The van der Waals surface area contributed by atoms with Crippen molar-refractivity contribution in [2.24, 2.45) is 5.92 Å². The van der Waals surface area contributed by atoms with Gasteiger partial charge in [0.25, 0.3) is 0 Å². The van der Waals surface area contributed by atoms with Gasteiger partial charge in [-0.3, -0.25) is 9.59 Å². The van der Waals surface area contributed by atoms with Crippen molar-refractivity contribution in [1.82, 2.24) is 0 Å². The maximum absolute atomic E-state index is 12.8. The number of hydrogen-bond acceptors (Lipinski definition) is 4. The van der Waals surface area contributed by atoms with Crippen LogP contribution in [0.3, 0.4) is 0 Å². The van der Waals surface area contributed by atoms with Gasteiger partial charge in [-0.05, 0) is 43.0 Å². The molecule has 3 rings (SSSR count). The summed E-state index contributed by atoms with van der Waals surface area (Å²) in [4.78, 5) is 27.0. The molecule has 1 amide bonds. The molecule has 5 heteroatoms. The van der Waals surface area contributed by atoms with Gasteiger partial charge in [0.05, 0.1) is 18.2 Å². The summed E-state index contributed by atoms with van der Waals surface area (Å²) >= 11 is 0. The van der Waals surface area contributed by atoms with Gasteiger partial charge in [0, 0.05) is 13.0 Å². The highest BCUT2D eigenvalue weighted by molar-refractivity contribution is 6.00. The second kappa shape index (κ2) is 8.91. The standard InChI is InChI=1S/C23H27NO4/c1-4-16(3)18-10-6-8-12-20(18)28-23(26)17-14-22(25)24(15-17)19-11-7-9-13-21(19)27-5-2/h6-13,16-17H,4-5,14-15H2,1-3H3/t16-,17+/m1/s1. The molecule has 2 aromatic carbocycles. The van der Waals surface area contributed by atoms with Gasteiger partial charge in [-0.15, -0.1) is 0 Å². The van der Waals surface area contributed by atoms with Crippen LogP contribution < -0.4 is 14.4 Å². The first-order valence-electron chi connectivity index (χ1n) is 9.87. The molecule has 0 spiro atoms. The SMILES string of the molecule is CCOc1ccccc1N1C[C@@H](C(=O)Oc2ccccc2[C@H](C)CC)CC1=O. The third kappa shape index (κ3) is 4.19. The Labute approximate surface area is 166 Å². The number of carbonyl (C=O) groups excluding carboxylic acids is 2. The highest BCUT2D eigenvalue weighted by Gasteiger charge is 2.37. The van der Waals surface area contributed by atoms with E-state index in [2.05, 4.69) is 13.8 Å². The molecule has 1 aliphatic heterocycles. The number of nitrogens with zero attached hydrogens (tertiary/aromatic N) is 1. The monoisotopic (exact) mass is 381 g/mol. The van der Waals surface area contributed by atoms with Crippen LogP contribution in [0.2, 0.25) is 0 Å². The van der Waals surface area contributed by atoms with Gasteiger partial charge in [0.2, 0.25) is 5.91 Å². The zero-order valence-corrected chi connectivity index (χ0v) is 16.7. The summed E-state index contributed by atoms with van der Waals surface area (Å²) in [5.41, 5.74) is 1.71. The molecule has 0 radical (unpaired) electrons. The maximum Gasteiger partial charge on any atom is 0.316 e. The molecule has 2 aromatic rings. The van der Waals surface area contributed by atoms with Crippen LogP contribution in [0.15, 0.2) is 48.5 Å². The van der Waals surface area contributed by atoms with Crippen LogP contribution >= 0.6 is 0 Å². The molecule has 1 heterocycles. The molecule has 0 unspecified atom stereocenters. The van der Waals surface area contributed by atoms with Crippen molar-refractivity contribution in [2.45, 2.75) is 39.5 Å². The van der Waals surface area contributed by atoms with Crippen molar-refractivity contribution in [1.29, 1.82) is 0 Å². The number of para-hydroxylation sites is 3. The molecular formula is C23H27NO4. The molecule has 5 nitrogen and oxygen atoms in total. The van der Waals surface area contributed by atoms with Gasteiger partial charge in [-0.25, -0.2) is 0 Å². The maximum atomic E-state index is 12.8. The second-order valence-electron chi connectivity index (χ2n) is 7.07. The van der Waals surface area contributed by atoms with Crippen LogP contribution in [0.5, 0.6) is 11.5 Å². The van der Waals surface area contributed by atoms with Gasteiger partial charge in [-0.2, -0.15) is 0 Å². The van der Waals surface area contributed by atoms with E-state index in [0.29, 0.717) is 36.3 Å². The van der Waals surface area contributed by atoms with Gasteiger partial charge in [-0.1, -0.05) is 44.2 Å². The third-order valence-electron chi connectivity index (χ3n) is 5.19. The summed E-state index contributed by atoms with van der Waals surface area (Å²) in [5.74, 6) is 0.581. The molecular weight excluding hydrogens is 354 g/mol. The quantitative estimate of drug-likeness (QED) is 0.521. The number of hydrogen-bond donors (Lipinski definition) is 0. The van der Waals surface area contributed by atoms with E-state index < -0.39 is 5.92 Å². The van der Waals surface area contributed by atoms with Crippen LogP contribution in [0.25, 0.3) is 0 Å². The Bertz CT molecular complexity index is 848. The van der Waals surface area contributed by atoms with E-state index in [0.717, 1.165) is 12.0 Å². The van der Waals surface area contributed by atoms with E-state index in [1.54, 1.807) is 4.90 Å². The zero-order chi connectivity index (χ0) is 20.1. The minimum atomic E-state index is -0.493. The summed E-state index contributed by atoms with van der Waals surface area (Å²) in [7, 11) is 0. The minimum Gasteiger partial charge on any atom is -0.492 e. The fourth-order valence-corrected chi connectivity index (χ4v) is 3.45. The molecule has 28 heavy (non-hydrogen) atoms. The molecule has 1 fully saturated rings. The van der Waals surface area contributed by atoms with E-state index in [1.165, 1.54) is 0 Å². The first kappa shape index (κ1) is 19.9. The molecule has 0 saturated carbocycles. The van der Waals surface area contributed by atoms with E-state index in [9.17, 15) is 9.59 Å².